The molecule has 1 aliphatic heterocycles. The van der Waals surface area contributed by atoms with Gasteiger partial charge in [-0.1, -0.05) is 0 Å². The van der Waals surface area contributed by atoms with Gasteiger partial charge in [0.1, 0.15) is 5.60 Å². The molecule has 5 nitrogen and oxygen atoms in total. The van der Waals surface area contributed by atoms with Crippen molar-refractivity contribution < 1.29 is 14.3 Å². The van der Waals surface area contributed by atoms with Crippen LogP contribution in [0.4, 0.5) is 9.59 Å². The summed E-state index contributed by atoms with van der Waals surface area (Å²) in [5, 5.41) is -0.474. The van der Waals surface area contributed by atoms with Gasteiger partial charge in [0, 0.05) is 25.2 Å². The molecule has 0 aliphatic carbocycles. The standard InChI is InChI=1S/C12H21ClN2O3/c1-8-7-15(11(17)18-12(3,4)5)9(2)6-14(8)10(13)16/h8-9H,6-7H2,1-5H3/t8-,9?/m1/s1. The number of piperazine rings is 1. The Morgan fingerprint density at radius 3 is 2.00 bits per heavy atom. The van der Waals surface area contributed by atoms with E-state index in [1.54, 1.807) is 9.80 Å². The molecule has 2 atom stereocenters. The predicted molar refractivity (Wildman–Crippen MR) is 69.8 cm³/mol. The SMILES string of the molecule is CC1CN(C(=O)Cl)[C@H](C)CN1C(=O)OC(C)(C)C. The Morgan fingerprint density at radius 1 is 1.11 bits per heavy atom. The molecule has 0 spiro atoms. The molecule has 0 bridgehead atoms. The first kappa shape index (κ1) is 15.1. The van der Waals surface area contributed by atoms with Gasteiger partial charge in [-0.15, -0.1) is 0 Å². The first-order valence-corrected chi connectivity index (χ1v) is 6.45. The van der Waals surface area contributed by atoms with Crippen molar-refractivity contribution >= 4 is 23.1 Å². The van der Waals surface area contributed by atoms with Crippen LogP contribution in [-0.2, 0) is 4.74 Å². The van der Waals surface area contributed by atoms with Crippen LogP contribution in [0.5, 0.6) is 0 Å². The van der Waals surface area contributed by atoms with Crippen LogP contribution in [0.2, 0.25) is 0 Å². The minimum atomic E-state index is -0.514. The number of hydrogen-bond donors (Lipinski definition) is 0. The minimum absolute atomic E-state index is 0.0984. The number of halogens is 1. The fraction of sp³-hybridized carbons (Fsp3) is 0.833. The highest BCUT2D eigenvalue weighted by Gasteiger charge is 2.35. The van der Waals surface area contributed by atoms with Crippen LogP contribution in [0.1, 0.15) is 34.6 Å². The lowest BCUT2D eigenvalue weighted by molar-refractivity contribution is -0.00172. The molecule has 0 saturated carbocycles. The van der Waals surface area contributed by atoms with Gasteiger partial charge >= 0.3 is 11.5 Å². The van der Waals surface area contributed by atoms with Gasteiger partial charge in [0.15, 0.2) is 0 Å². The molecule has 0 aromatic heterocycles. The lowest BCUT2D eigenvalue weighted by atomic mass is 10.1. The van der Waals surface area contributed by atoms with E-state index in [0.29, 0.717) is 13.1 Å². The lowest BCUT2D eigenvalue weighted by Gasteiger charge is -2.43. The number of carbonyl (C=O) groups is 2. The average molecular weight is 277 g/mol. The third-order valence-electron chi connectivity index (χ3n) is 2.84. The highest BCUT2D eigenvalue weighted by molar-refractivity contribution is 6.62. The summed E-state index contributed by atoms with van der Waals surface area (Å²) in [6.07, 6.45) is -0.344. The van der Waals surface area contributed by atoms with Crippen LogP contribution in [0.3, 0.4) is 0 Å². The van der Waals surface area contributed by atoms with Crippen molar-refractivity contribution in [3.63, 3.8) is 0 Å². The third kappa shape index (κ3) is 3.77. The zero-order chi connectivity index (χ0) is 14.1. The molecule has 104 valence electrons. The summed E-state index contributed by atoms with van der Waals surface area (Å²) in [5.74, 6) is 0. The first-order chi connectivity index (χ1) is 8.11. The summed E-state index contributed by atoms with van der Waals surface area (Å²) >= 11 is 5.50. The van der Waals surface area contributed by atoms with E-state index in [-0.39, 0.29) is 18.2 Å². The zero-order valence-corrected chi connectivity index (χ0v) is 12.3. The quantitative estimate of drug-likeness (QED) is 0.505. The van der Waals surface area contributed by atoms with Crippen molar-refractivity contribution in [3.8, 4) is 0 Å². The van der Waals surface area contributed by atoms with E-state index in [0.717, 1.165) is 0 Å². The van der Waals surface area contributed by atoms with E-state index in [2.05, 4.69) is 0 Å². The number of ether oxygens (including phenoxy) is 1. The van der Waals surface area contributed by atoms with E-state index >= 15 is 0 Å². The molecular weight excluding hydrogens is 256 g/mol. The second-order valence-corrected chi connectivity index (χ2v) is 6.06. The van der Waals surface area contributed by atoms with Crippen molar-refractivity contribution in [2.45, 2.75) is 52.3 Å². The minimum Gasteiger partial charge on any atom is -0.444 e. The molecular formula is C12H21ClN2O3. The lowest BCUT2D eigenvalue weighted by Crippen LogP contribution is -2.59. The maximum Gasteiger partial charge on any atom is 0.410 e. The first-order valence-electron chi connectivity index (χ1n) is 6.07. The summed E-state index contributed by atoms with van der Waals surface area (Å²) in [6.45, 7) is 10.1. The number of hydrogen-bond acceptors (Lipinski definition) is 3. The van der Waals surface area contributed by atoms with Crippen LogP contribution < -0.4 is 0 Å². The molecule has 1 unspecified atom stereocenters. The Hall–Kier alpha value is -0.970. The molecule has 1 aliphatic rings. The molecule has 2 amide bonds. The van der Waals surface area contributed by atoms with Crippen LogP contribution in [0.25, 0.3) is 0 Å². The van der Waals surface area contributed by atoms with Gasteiger partial charge in [0.05, 0.1) is 0 Å². The molecule has 1 fully saturated rings. The predicted octanol–water partition coefficient (Wildman–Crippen LogP) is 2.67. The second-order valence-electron chi connectivity index (χ2n) is 5.74. The molecule has 1 heterocycles. The summed E-state index contributed by atoms with van der Waals surface area (Å²) in [4.78, 5) is 26.4. The van der Waals surface area contributed by atoms with Gasteiger partial charge in [-0.2, -0.15) is 0 Å². The van der Waals surface area contributed by atoms with Gasteiger partial charge in [-0.25, -0.2) is 4.79 Å². The Balaban J connectivity index is 2.70. The van der Waals surface area contributed by atoms with Crippen molar-refractivity contribution in [2.75, 3.05) is 13.1 Å². The van der Waals surface area contributed by atoms with Crippen molar-refractivity contribution in [3.05, 3.63) is 0 Å². The summed E-state index contributed by atoms with van der Waals surface area (Å²) < 4.78 is 5.34. The van der Waals surface area contributed by atoms with Crippen LogP contribution in [0, 0.1) is 0 Å². The topological polar surface area (TPSA) is 49.9 Å². The van der Waals surface area contributed by atoms with Gasteiger partial charge in [0.25, 0.3) is 0 Å². The monoisotopic (exact) mass is 276 g/mol. The highest BCUT2D eigenvalue weighted by Crippen LogP contribution is 2.19. The maximum absolute atomic E-state index is 12.0. The van der Waals surface area contributed by atoms with Crippen LogP contribution >= 0.6 is 11.6 Å². The number of carbonyl (C=O) groups excluding carboxylic acids is 2. The van der Waals surface area contributed by atoms with Crippen LogP contribution in [-0.4, -0.2) is 52.0 Å². The number of nitrogens with zero attached hydrogens (tertiary/aromatic N) is 2. The summed E-state index contributed by atoms with van der Waals surface area (Å²) in [7, 11) is 0. The molecule has 18 heavy (non-hydrogen) atoms. The smallest absolute Gasteiger partial charge is 0.410 e. The van der Waals surface area contributed by atoms with E-state index in [1.807, 2.05) is 34.6 Å². The van der Waals surface area contributed by atoms with Crippen molar-refractivity contribution in [2.24, 2.45) is 0 Å². The van der Waals surface area contributed by atoms with E-state index < -0.39 is 11.0 Å². The van der Waals surface area contributed by atoms with E-state index in [4.69, 9.17) is 16.3 Å². The molecule has 0 N–H and O–H groups in total. The van der Waals surface area contributed by atoms with Crippen LogP contribution in [0.15, 0.2) is 0 Å². The van der Waals surface area contributed by atoms with Crippen molar-refractivity contribution in [1.29, 1.82) is 0 Å². The third-order valence-corrected chi connectivity index (χ3v) is 3.06. The fourth-order valence-corrected chi connectivity index (χ4v) is 2.18. The fourth-order valence-electron chi connectivity index (χ4n) is 1.95. The maximum atomic E-state index is 12.0. The highest BCUT2D eigenvalue weighted by atomic mass is 35.5. The average Bonchev–Trinajstić information content (AvgIpc) is 2.17. The second kappa shape index (κ2) is 5.34. The summed E-state index contributed by atoms with van der Waals surface area (Å²) in [6, 6.07) is -0.197. The summed E-state index contributed by atoms with van der Waals surface area (Å²) in [5.41, 5.74) is -0.514. The Morgan fingerprint density at radius 2 is 1.56 bits per heavy atom. The van der Waals surface area contributed by atoms with Crippen molar-refractivity contribution in [1.82, 2.24) is 9.80 Å². The number of amides is 2. The van der Waals surface area contributed by atoms with Gasteiger partial charge in [-0.3, -0.25) is 4.79 Å². The molecule has 6 heteroatoms. The normalized spacial score (nSPS) is 25.0. The van der Waals surface area contributed by atoms with E-state index in [1.165, 1.54) is 0 Å². The molecule has 0 aromatic rings. The molecule has 0 aromatic carbocycles. The van der Waals surface area contributed by atoms with Gasteiger partial charge < -0.3 is 14.5 Å². The number of rotatable bonds is 0. The van der Waals surface area contributed by atoms with E-state index in [9.17, 15) is 9.59 Å². The molecule has 1 saturated heterocycles. The molecule has 0 radical (unpaired) electrons. The zero-order valence-electron chi connectivity index (χ0n) is 11.6. The largest absolute Gasteiger partial charge is 0.444 e. The van der Waals surface area contributed by atoms with Gasteiger partial charge in [0.2, 0.25) is 0 Å². The van der Waals surface area contributed by atoms with Gasteiger partial charge in [-0.05, 0) is 46.2 Å². The Labute approximate surface area is 113 Å². The molecule has 1 rings (SSSR count). The Bertz CT molecular complexity index is 341. The Kier molecular flexibility index (Phi) is 4.48.